The maximum Gasteiger partial charge on any atom is 0.0761 e. The lowest BCUT2D eigenvalue weighted by atomic mass is 9.71. The average Bonchev–Trinajstić information content (AvgIpc) is 2.89. The van der Waals surface area contributed by atoms with Crippen molar-refractivity contribution in [2.75, 3.05) is 6.54 Å². The molecule has 1 heterocycles. The zero-order valence-electron chi connectivity index (χ0n) is 13.2. The van der Waals surface area contributed by atoms with Crippen molar-refractivity contribution in [3.63, 3.8) is 0 Å². The van der Waals surface area contributed by atoms with Gasteiger partial charge in [-0.15, -0.1) is 0 Å². The first kappa shape index (κ1) is 15.4. The molecule has 1 aliphatic rings. The standard InChI is InChI=1S/C17H29N3/c1-4-9-20-16(15-13-18-10-11-19-15)17(12-14(2)3)7-5-6-8-17/h10-11,13-14,16,20H,4-9,12H2,1-3H3. The maximum atomic E-state index is 4.60. The summed E-state index contributed by atoms with van der Waals surface area (Å²) in [4.78, 5) is 8.90. The van der Waals surface area contributed by atoms with Crippen molar-refractivity contribution in [1.29, 1.82) is 0 Å². The largest absolute Gasteiger partial charge is 0.308 e. The molecule has 1 atom stereocenters. The second-order valence-electron chi connectivity index (χ2n) is 6.68. The Kier molecular flexibility index (Phi) is 5.53. The van der Waals surface area contributed by atoms with Gasteiger partial charge in [0.1, 0.15) is 0 Å². The Morgan fingerprint density at radius 1 is 1.25 bits per heavy atom. The number of hydrogen-bond acceptors (Lipinski definition) is 3. The van der Waals surface area contributed by atoms with E-state index in [2.05, 4.69) is 36.1 Å². The molecular formula is C17H29N3. The van der Waals surface area contributed by atoms with Crippen LogP contribution in [0, 0.1) is 11.3 Å². The molecule has 0 bridgehead atoms. The Hall–Kier alpha value is -0.960. The first-order valence-electron chi connectivity index (χ1n) is 8.17. The minimum atomic E-state index is 0.362. The predicted molar refractivity (Wildman–Crippen MR) is 83.4 cm³/mol. The Bertz CT molecular complexity index is 382. The molecule has 1 saturated carbocycles. The quantitative estimate of drug-likeness (QED) is 0.813. The van der Waals surface area contributed by atoms with Gasteiger partial charge in [-0.05, 0) is 43.6 Å². The molecule has 0 saturated heterocycles. The molecule has 1 aliphatic carbocycles. The van der Waals surface area contributed by atoms with Crippen molar-refractivity contribution < 1.29 is 0 Å². The van der Waals surface area contributed by atoms with Crippen LogP contribution >= 0.6 is 0 Å². The van der Waals surface area contributed by atoms with Crippen LogP contribution in [0.1, 0.15) is 71.0 Å². The molecule has 1 fully saturated rings. The molecule has 1 aromatic heterocycles. The molecule has 3 heteroatoms. The first-order valence-corrected chi connectivity index (χ1v) is 8.17. The number of hydrogen-bond donors (Lipinski definition) is 1. The molecule has 20 heavy (non-hydrogen) atoms. The summed E-state index contributed by atoms with van der Waals surface area (Å²) in [6.07, 6.45) is 13.4. The predicted octanol–water partition coefficient (Wildman–Crippen LogP) is 4.12. The average molecular weight is 275 g/mol. The zero-order valence-corrected chi connectivity index (χ0v) is 13.2. The van der Waals surface area contributed by atoms with Gasteiger partial charge in [0.2, 0.25) is 0 Å². The van der Waals surface area contributed by atoms with Gasteiger partial charge >= 0.3 is 0 Å². The summed E-state index contributed by atoms with van der Waals surface area (Å²) >= 11 is 0. The van der Waals surface area contributed by atoms with Gasteiger partial charge in [0.05, 0.1) is 11.7 Å². The molecule has 3 nitrogen and oxygen atoms in total. The van der Waals surface area contributed by atoms with Gasteiger partial charge in [-0.25, -0.2) is 0 Å². The van der Waals surface area contributed by atoms with Crippen LogP contribution in [0.15, 0.2) is 18.6 Å². The van der Waals surface area contributed by atoms with E-state index in [1.165, 1.54) is 32.1 Å². The third kappa shape index (κ3) is 3.57. The third-order valence-electron chi connectivity index (χ3n) is 4.50. The molecule has 1 N–H and O–H groups in total. The van der Waals surface area contributed by atoms with Gasteiger partial charge in [-0.1, -0.05) is 33.6 Å². The minimum Gasteiger partial charge on any atom is -0.308 e. The Morgan fingerprint density at radius 3 is 2.55 bits per heavy atom. The first-order chi connectivity index (χ1) is 9.68. The summed E-state index contributed by atoms with van der Waals surface area (Å²) in [6, 6.07) is 0.362. The van der Waals surface area contributed by atoms with E-state index in [0.717, 1.165) is 24.6 Å². The molecule has 0 spiro atoms. The summed E-state index contributed by atoms with van der Waals surface area (Å²) in [7, 11) is 0. The van der Waals surface area contributed by atoms with Crippen LogP contribution in [0.3, 0.4) is 0 Å². The van der Waals surface area contributed by atoms with Crippen LogP contribution in [0.2, 0.25) is 0 Å². The highest BCUT2D eigenvalue weighted by atomic mass is 15.0. The van der Waals surface area contributed by atoms with Gasteiger partial charge in [-0.3, -0.25) is 9.97 Å². The molecule has 2 rings (SSSR count). The lowest BCUT2D eigenvalue weighted by molar-refractivity contribution is 0.152. The second-order valence-corrected chi connectivity index (χ2v) is 6.68. The lowest BCUT2D eigenvalue weighted by Crippen LogP contribution is -2.38. The molecule has 1 aromatic rings. The Balaban J connectivity index is 2.27. The number of aromatic nitrogens is 2. The maximum absolute atomic E-state index is 4.60. The zero-order chi connectivity index (χ0) is 14.4. The van der Waals surface area contributed by atoms with E-state index in [4.69, 9.17) is 0 Å². The van der Waals surface area contributed by atoms with Crippen LogP contribution in [-0.4, -0.2) is 16.5 Å². The summed E-state index contributed by atoms with van der Waals surface area (Å²) in [5.74, 6) is 0.732. The molecule has 1 unspecified atom stereocenters. The fourth-order valence-electron chi connectivity index (χ4n) is 3.89. The van der Waals surface area contributed by atoms with Crippen molar-refractivity contribution in [1.82, 2.24) is 15.3 Å². The van der Waals surface area contributed by atoms with Crippen molar-refractivity contribution in [3.05, 3.63) is 24.3 Å². The van der Waals surface area contributed by atoms with E-state index in [9.17, 15) is 0 Å². The summed E-state index contributed by atoms with van der Waals surface area (Å²) in [5, 5.41) is 3.77. The van der Waals surface area contributed by atoms with Crippen LogP contribution < -0.4 is 5.32 Å². The number of rotatable bonds is 7. The summed E-state index contributed by atoms with van der Waals surface area (Å²) < 4.78 is 0. The van der Waals surface area contributed by atoms with Crippen molar-refractivity contribution in [2.24, 2.45) is 11.3 Å². The van der Waals surface area contributed by atoms with Crippen LogP contribution in [0.25, 0.3) is 0 Å². The van der Waals surface area contributed by atoms with E-state index in [-0.39, 0.29) is 0 Å². The van der Waals surface area contributed by atoms with Gasteiger partial charge in [0.15, 0.2) is 0 Å². The molecule has 0 aliphatic heterocycles. The molecular weight excluding hydrogens is 246 g/mol. The number of nitrogens with one attached hydrogen (secondary N) is 1. The molecule has 0 aromatic carbocycles. The van der Waals surface area contributed by atoms with Gasteiger partial charge < -0.3 is 5.32 Å². The van der Waals surface area contributed by atoms with E-state index in [1.807, 2.05) is 12.4 Å². The SMILES string of the molecule is CCCNC(c1cnccn1)C1(CC(C)C)CCCC1. The minimum absolute atomic E-state index is 0.362. The summed E-state index contributed by atoms with van der Waals surface area (Å²) in [5.41, 5.74) is 1.50. The lowest BCUT2D eigenvalue weighted by Gasteiger charge is -2.39. The van der Waals surface area contributed by atoms with Gasteiger partial charge in [0, 0.05) is 18.6 Å². The Labute approximate surface area is 123 Å². The molecule has 0 radical (unpaired) electrons. The molecule has 0 amide bonds. The van der Waals surface area contributed by atoms with E-state index in [0.29, 0.717) is 11.5 Å². The molecule has 112 valence electrons. The monoisotopic (exact) mass is 275 g/mol. The fraction of sp³-hybridized carbons (Fsp3) is 0.765. The van der Waals surface area contributed by atoms with Crippen molar-refractivity contribution in [2.45, 2.75) is 65.3 Å². The van der Waals surface area contributed by atoms with E-state index >= 15 is 0 Å². The Morgan fingerprint density at radius 2 is 2.00 bits per heavy atom. The van der Waals surface area contributed by atoms with E-state index in [1.54, 1.807) is 6.20 Å². The normalized spacial score (nSPS) is 19.4. The highest BCUT2D eigenvalue weighted by Crippen LogP contribution is 2.51. The van der Waals surface area contributed by atoms with Crippen molar-refractivity contribution in [3.8, 4) is 0 Å². The van der Waals surface area contributed by atoms with E-state index < -0.39 is 0 Å². The topological polar surface area (TPSA) is 37.8 Å². The number of nitrogens with zero attached hydrogens (tertiary/aromatic N) is 2. The van der Waals surface area contributed by atoms with Crippen molar-refractivity contribution >= 4 is 0 Å². The van der Waals surface area contributed by atoms with Crippen LogP contribution in [-0.2, 0) is 0 Å². The second kappa shape index (κ2) is 7.16. The van der Waals surface area contributed by atoms with Gasteiger partial charge in [0.25, 0.3) is 0 Å². The van der Waals surface area contributed by atoms with Crippen LogP contribution in [0.4, 0.5) is 0 Å². The fourth-order valence-corrected chi connectivity index (χ4v) is 3.89. The highest BCUT2D eigenvalue weighted by Gasteiger charge is 2.42. The smallest absolute Gasteiger partial charge is 0.0761 e. The van der Waals surface area contributed by atoms with Gasteiger partial charge in [-0.2, -0.15) is 0 Å². The summed E-state index contributed by atoms with van der Waals surface area (Å²) in [6.45, 7) is 7.97. The third-order valence-corrected chi connectivity index (χ3v) is 4.50. The van der Waals surface area contributed by atoms with Crippen LogP contribution in [0.5, 0.6) is 0 Å². The highest BCUT2D eigenvalue weighted by molar-refractivity contribution is 5.10.